The van der Waals surface area contributed by atoms with Crippen molar-refractivity contribution in [2.24, 2.45) is 0 Å². The molecule has 0 saturated carbocycles. The van der Waals surface area contributed by atoms with Gasteiger partial charge in [-0.3, -0.25) is 4.79 Å². The molecule has 2 rings (SSSR count). The molecule has 1 atom stereocenters. The maximum atomic E-state index is 12.0. The molecule has 0 fully saturated rings. The number of thiophene rings is 1. The number of hydrogen-bond acceptors (Lipinski definition) is 4. The van der Waals surface area contributed by atoms with Crippen LogP contribution in [0.1, 0.15) is 21.4 Å². The third kappa shape index (κ3) is 4.08. The van der Waals surface area contributed by atoms with Crippen molar-refractivity contribution in [1.29, 1.82) is 0 Å². The van der Waals surface area contributed by atoms with Gasteiger partial charge in [0.15, 0.2) is 6.04 Å². The second kappa shape index (κ2) is 7.09. The average Bonchev–Trinajstić information content (AvgIpc) is 2.89. The number of ether oxygens (including phenoxy) is 1. The van der Waals surface area contributed by atoms with Crippen molar-refractivity contribution < 1.29 is 19.4 Å². The van der Waals surface area contributed by atoms with Gasteiger partial charge >= 0.3 is 5.97 Å². The minimum absolute atomic E-state index is 0.179. The van der Waals surface area contributed by atoms with E-state index in [4.69, 9.17) is 4.74 Å². The van der Waals surface area contributed by atoms with Gasteiger partial charge in [-0.1, -0.05) is 12.1 Å². The molecule has 1 amide bonds. The summed E-state index contributed by atoms with van der Waals surface area (Å²) in [5, 5.41) is 11.9. The predicted molar refractivity (Wildman–Crippen MR) is 84.3 cm³/mol. The first-order valence-corrected chi connectivity index (χ1v) is 7.52. The van der Waals surface area contributed by atoms with E-state index < -0.39 is 12.0 Å². The zero-order valence-corrected chi connectivity index (χ0v) is 13.1. The molecular formula is C16H17NO4S. The minimum Gasteiger partial charge on any atom is -0.497 e. The molecule has 1 unspecified atom stereocenters. The van der Waals surface area contributed by atoms with Crippen LogP contribution in [-0.4, -0.2) is 24.1 Å². The van der Waals surface area contributed by atoms with Crippen molar-refractivity contribution in [3.05, 3.63) is 51.7 Å². The maximum absolute atomic E-state index is 12.0. The topological polar surface area (TPSA) is 75.6 Å². The number of nitrogens with one attached hydrogen (secondary N) is 1. The van der Waals surface area contributed by atoms with Crippen LogP contribution < -0.4 is 10.1 Å². The van der Waals surface area contributed by atoms with E-state index in [1.165, 1.54) is 18.4 Å². The molecule has 5 nitrogen and oxygen atoms in total. The molecule has 0 aliphatic rings. The van der Waals surface area contributed by atoms with E-state index in [2.05, 4.69) is 5.32 Å². The third-order valence-electron chi connectivity index (χ3n) is 3.13. The quantitative estimate of drug-likeness (QED) is 0.858. The molecule has 0 radical (unpaired) electrons. The molecule has 22 heavy (non-hydrogen) atoms. The van der Waals surface area contributed by atoms with Crippen molar-refractivity contribution in [2.75, 3.05) is 7.11 Å². The van der Waals surface area contributed by atoms with Gasteiger partial charge in [-0.05, 0) is 36.8 Å². The molecule has 6 heteroatoms. The Hall–Kier alpha value is -2.34. The molecule has 0 spiro atoms. The Labute approximate surface area is 132 Å². The van der Waals surface area contributed by atoms with Crippen molar-refractivity contribution in [1.82, 2.24) is 5.32 Å². The Bertz CT molecular complexity index is 663. The van der Waals surface area contributed by atoms with Gasteiger partial charge in [-0.15, -0.1) is 11.3 Å². The molecule has 1 aromatic heterocycles. The Morgan fingerprint density at radius 3 is 2.41 bits per heavy atom. The number of rotatable bonds is 6. The second-order valence-corrected chi connectivity index (χ2v) is 6.17. The molecule has 2 N–H and O–H groups in total. The highest BCUT2D eigenvalue weighted by Crippen LogP contribution is 2.19. The van der Waals surface area contributed by atoms with Crippen LogP contribution >= 0.6 is 11.3 Å². The number of methoxy groups -OCH3 is 1. The Balaban J connectivity index is 2.07. The van der Waals surface area contributed by atoms with Crippen LogP contribution in [0.15, 0.2) is 36.4 Å². The minimum atomic E-state index is -1.10. The second-order valence-electron chi connectivity index (χ2n) is 4.80. The number of carboxylic acids is 1. The molecule has 0 aliphatic carbocycles. The van der Waals surface area contributed by atoms with Crippen molar-refractivity contribution in [3.63, 3.8) is 0 Å². The fourth-order valence-corrected chi connectivity index (χ4v) is 2.92. The lowest BCUT2D eigenvalue weighted by Crippen LogP contribution is -2.34. The van der Waals surface area contributed by atoms with Crippen LogP contribution in [0.4, 0.5) is 0 Å². The van der Waals surface area contributed by atoms with Gasteiger partial charge in [0.2, 0.25) is 5.91 Å². The number of carboxylic acid groups (broad SMARTS) is 1. The van der Waals surface area contributed by atoms with Crippen LogP contribution in [0.2, 0.25) is 0 Å². The monoisotopic (exact) mass is 319 g/mol. The zero-order valence-electron chi connectivity index (χ0n) is 12.3. The van der Waals surface area contributed by atoms with Crippen molar-refractivity contribution >= 4 is 23.2 Å². The predicted octanol–water partition coefficient (Wildman–Crippen LogP) is 2.55. The SMILES string of the molecule is COc1ccc(C(NC(=O)Cc2ccc(C)s2)C(=O)O)cc1. The fraction of sp³-hybridized carbons (Fsp3) is 0.250. The highest BCUT2D eigenvalue weighted by atomic mass is 32.1. The summed E-state index contributed by atoms with van der Waals surface area (Å²) in [5.74, 6) is -0.778. The molecular weight excluding hydrogens is 302 g/mol. The summed E-state index contributed by atoms with van der Waals surface area (Å²) in [4.78, 5) is 25.5. The summed E-state index contributed by atoms with van der Waals surface area (Å²) >= 11 is 1.53. The van der Waals surface area contributed by atoms with Crippen LogP contribution in [0.25, 0.3) is 0 Å². The van der Waals surface area contributed by atoms with E-state index in [0.717, 1.165) is 9.75 Å². The first-order valence-electron chi connectivity index (χ1n) is 6.71. The summed E-state index contributed by atoms with van der Waals surface area (Å²) in [7, 11) is 1.54. The zero-order chi connectivity index (χ0) is 16.1. The van der Waals surface area contributed by atoms with Crippen LogP contribution in [0.3, 0.4) is 0 Å². The lowest BCUT2D eigenvalue weighted by Gasteiger charge is -2.15. The van der Waals surface area contributed by atoms with Crippen molar-refractivity contribution in [3.8, 4) is 5.75 Å². The molecule has 0 aliphatic heterocycles. The van der Waals surface area contributed by atoms with Gasteiger partial charge in [0, 0.05) is 9.75 Å². The summed E-state index contributed by atoms with van der Waals surface area (Å²) in [6, 6.07) is 9.34. The average molecular weight is 319 g/mol. The lowest BCUT2D eigenvalue weighted by atomic mass is 10.1. The number of aryl methyl sites for hydroxylation is 1. The Morgan fingerprint density at radius 2 is 1.91 bits per heavy atom. The van der Waals surface area contributed by atoms with E-state index in [1.807, 2.05) is 19.1 Å². The molecule has 0 saturated heterocycles. The number of carbonyl (C=O) groups excluding carboxylic acids is 1. The maximum Gasteiger partial charge on any atom is 0.330 e. The Kier molecular flexibility index (Phi) is 5.16. The summed E-state index contributed by atoms with van der Waals surface area (Å²) in [6.07, 6.45) is 0.179. The van der Waals surface area contributed by atoms with E-state index in [1.54, 1.807) is 24.3 Å². The first-order chi connectivity index (χ1) is 10.5. The van der Waals surface area contributed by atoms with Gasteiger partial charge in [0.05, 0.1) is 13.5 Å². The van der Waals surface area contributed by atoms with Crippen LogP contribution in [0.5, 0.6) is 5.75 Å². The molecule has 116 valence electrons. The largest absolute Gasteiger partial charge is 0.497 e. The molecule has 1 aromatic carbocycles. The number of carbonyl (C=O) groups is 2. The lowest BCUT2D eigenvalue weighted by molar-refractivity contribution is -0.141. The van der Waals surface area contributed by atoms with Gasteiger partial charge in [-0.25, -0.2) is 4.79 Å². The molecule has 1 heterocycles. The van der Waals surface area contributed by atoms with E-state index >= 15 is 0 Å². The highest BCUT2D eigenvalue weighted by molar-refractivity contribution is 7.12. The van der Waals surface area contributed by atoms with Gasteiger partial charge in [0.25, 0.3) is 0 Å². The van der Waals surface area contributed by atoms with Gasteiger partial charge in [-0.2, -0.15) is 0 Å². The van der Waals surface area contributed by atoms with Crippen LogP contribution in [0, 0.1) is 6.92 Å². The van der Waals surface area contributed by atoms with E-state index in [0.29, 0.717) is 11.3 Å². The number of hydrogen-bond donors (Lipinski definition) is 2. The molecule has 0 bridgehead atoms. The summed E-state index contributed by atoms with van der Waals surface area (Å²) < 4.78 is 5.04. The first kappa shape index (κ1) is 16.0. The fourth-order valence-electron chi connectivity index (χ4n) is 2.03. The van der Waals surface area contributed by atoms with Gasteiger partial charge < -0.3 is 15.2 Å². The number of amides is 1. The Morgan fingerprint density at radius 1 is 1.23 bits per heavy atom. The summed E-state index contributed by atoms with van der Waals surface area (Å²) in [5.41, 5.74) is 0.504. The third-order valence-corrected chi connectivity index (χ3v) is 4.13. The standard InChI is InChI=1S/C16H17NO4S/c1-10-3-8-13(22-10)9-14(18)17-15(16(19)20)11-4-6-12(21-2)7-5-11/h3-8,15H,9H2,1-2H3,(H,17,18)(H,19,20). The van der Waals surface area contributed by atoms with E-state index in [-0.39, 0.29) is 12.3 Å². The number of aliphatic carboxylic acids is 1. The van der Waals surface area contributed by atoms with Gasteiger partial charge in [0.1, 0.15) is 5.75 Å². The smallest absolute Gasteiger partial charge is 0.330 e. The van der Waals surface area contributed by atoms with E-state index in [9.17, 15) is 14.7 Å². The van der Waals surface area contributed by atoms with Crippen LogP contribution in [-0.2, 0) is 16.0 Å². The number of benzene rings is 1. The van der Waals surface area contributed by atoms with Crippen molar-refractivity contribution in [2.45, 2.75) is 19.4 Å². The summed E-state index contributed by atoms with van der Waals surface area (Å²) in [6.45, 7) is 1.96. The normalized spacial score (nSPS) is 11.7. The highest BCUT2D eigenvalue weighted by Gasteiger charge is 2.22. The molecule has 2 aromatic rings.